The normalized spacial score (nSPS) is 29.1. The number of nitrogens with one attached hydrogen (secondary N) is 2. The van der Waals surface area contributed by atoms with E-state index >= 15 is 0 Å². The highest BCUT2D eigenvalue weighted by Gasteiger charge is 2.34. The maximum atomic E-state index is 12.5. The third-order valence-electron chi connectivity index (χ3n) is 6.47. The standard InChI is InChI=1S/C19H32N4O2/c24-18(14-3-1-2-4-14)23-12-9-16(13-23)21-19(25)20-15-7-10-22(11-8-15)17-5-6-17/h14-17H,1-13H2,(H2,20,21,25). The summed E-state index contributed by atoms with van der Waals surface area (Å²) in [5, 5.41) is 6.24. The molecule has 140 valence electrons. The van der Waals surface area contributed by atoms with Crippen molar-refractivity contribution >= 4 is 11.9 Å². The highest BCUT2D eigenvalue weighted by molar-refractivity contribution is 5.80. The SMILES string of the molecule is O=C(NC1CCN(C2CC2)CC1)NC1CCN(C(=O)C2CCCC2)C1. The summed E-state index contributed by atoms with van der Waals surface area (Å²) in [7, 11) is 0. The Kier molecular flexibility index (Phi) is 5.15. The van der Waals surface area contributed by atoms with Crippen molar-refractivity contribution in [3.05, 3.63) is 0 Å². The molecule has 1 atom stereocenters. The number of piperidine rings is 1. The van der Waals surface area contributed by atoms with Gasteiger partial charge in [-0.05, 0) is 44.9 Å². The smallest absolute Gasteiger partial charge is 0.315 e. The van der Waals surface area contributed by atoms with Crippen molar-refractivity contribution in [3.8, 4) is 0 Å². The predicted octanol–water partition coefficient (Wildman–Crippen LogP) is 1.70. The summed E-state index contributed by atoms with van der Waals surface area (Å²) in [5.74, 6) is 0.555. The molecule has 0 aromatic carbocycles. The van der Waals surface area contributed by atoms with Crippen molar-refractivity contribution < 1.29 is 9.59 Å². The highest BCUT2D eigenvalue weighted by Crippen LogP contribution is 2.29. The van der Waals surface area contributed by atoms with E-state index in [4.69, 9.17) is 0 Å². The summed E-state index contributed by atoms with van der Waals surface area (Å²) >= 11 is 0. The Morgan fingerprint density at radius 2 is 1.40 bits per heavy atom. The van der Waals surface area contributed by atoms with Crippen LogP contribution >= 0.6 is 0 Å². The minimum atomic E-state index is -0.0509. The van der Waals surface area contributed by atoms with Gasteiger partial charge in [-0.25, -0.2) is 4.79 Å². The van der Waals surface area contributed by atoms with Gasteiger partial charge in [0, 0.05) is 50.2 Å². The summed E-state index contributed by atoms with van der Waals surface area (Å²) in [6.45, 7) is 3.70. The van der Waals surface area contributed by atoms with E-state index in [0.29, 0.717) is 18.5 Å². The van der Waals surface area contributed by atoms with E-state index in [1.807, 2.05) is 4.90 Å². The number of carbonyl (C=O) groups excluding carboxylic acids is 2. The molecule has 4 aliphatic rings. The molecule has 2 heterocycles. The molecule has 0 aromatic heterocycles. The zero-order chi connectivity index (χ0) is 17.2. The first-order chi connectivity index (χ1) is 12.2. The highest BCUT2D eigenvalue weighted by atomic mass is 16.2. The Bertz CT molecular complexity index is 494. The van der Waals surface area contributed by atoms with Crippen LogP contribution in [0.4, 0.5) is 4.79 Å². The molecule has 0 aromatic rings. The molecule has 25 heavy (non-hydrogen) atoms. The van der Waals surface area contributed by atoms with Crippen molar-refractivity contribution in [2.24, 2.45) is 5.92 Å². The van der Waals surface area contributed by atoms with E-state index in [2.05, 4.69) is 15.5 Å². The Labute approximate surface area is 150 Å². The number of amides is 3. The molecule has 0 spiro atoms. The molecule has 4 rings (SSSR count). The molecule has 4 fully saturated rings. The number of likely N-dealkylation sites (tertiary alicyclic amines) is 2. The summed E-state index contributed by atoms with van der Waals surface area (Å²) in [6.07, 6.45) is 10.2. The number of urea groups is 1. The average molecular weight is 348 g/mol. The first kappa shape index (κ1) is 17.1. The third-order valence-corrected chi connectivity index (χ3v) is 6.47. The lowest BCUT2D eigenvalue weighted by Gasteiger charge is -2.32. The third kappa shape index (κ3) is 4.27. The lowest BCUT2D eigenvalue weighted by Crippen LogP contribution is -2.51. The molecule has 2 saturated heterocycles. The number of hydrogen-bond donors (Lipinski definition) is 2. The van der Waals surface area contributed by atoms with Gasteiger partial charge >= 0.3 is 6.03 Å². The van der Waals surface area contributed by atoms with Crippen molar-refractivity contribution in [2.45, 2.75) is 75.9 Å². The van der Waals surface area contributed by atoms with Crippen LogP contribution in [0.3, 0.4) is 0 Å². The minimum absolute atomic E-state index is 0.0509. The number of carbonyl (C=O) groups is 2. The van der Waals surface area contributed by atoms with Crippen LogP contribution in [0, 0.1) is 5.92 Å². The number of hydrogen-bond acceptors (Lipinski definition) is 3. The number of nitrogens with zero attached hydrogens (tertiary/aromatic N) is 2. The Morgan fingerprint density at radius 1 is 0.760 bits per heavy atom. The molecule has 6 nitrogen and oxygen atoms in total. The summed E-state index contributed by atoms with van der Waals surface area (Å²) in [4.78, 5) is 29.3. The van der Waals surface area contributed by atoms with Gasteiger partial charge in [0.2, 0.25) is 5.91 Å². The summed E-state index contributed by atoms with van der Waals surface area (Å²) in [5.41, 5.74) is 0. The fourth-order valence-electron chi connectivity index (χ4n) is 4.77. The summed E-state index contributed by atoms with van der Waals surface area (Å²) in [6, 6.07) is 1.19. The van der Waals surface area contributed by atoms with Gasteiger partial charge in [0.25, 0.3) is 0 Å². The zero-order valence-corrected chi connectivity index (χ0v) is 15.2. The van der Waals surface area contributed by atoms with Crippen LogP contribution in [0.2, 0.25) is 0 Å². The summed E-state index contributed by atoms with van der Waals surface area (Å²) < 4.78 is 0. The van der Waals surface area contributed by atoms with Crippen LogP contribution in [-0.2, 0) is 4.79 Å². The molecular weight excluding hydrogens is 316 g/mol. The molecule has 3 amide bonds. The second-order valence-electron chi connectivity index (χ2n) is 8.41. The molecule has 0 radical (unpaired) electrons. The second kappa shape index (κ2) is 7.52. The first-order valence-electron chi connectivity index (χ1n) is 10.3. The first-order valence-corrected chi connectivity index (χ1v) is 10.3. The van der Waals surface area contributed by atoms with Crippen LogP contribution < -0.4 is 10.6 Å². The van der Waals surface area contributed by atoms with Gasteiger partial charge in [-0.1, -0.05) is 12.8 Å². The Balaban J connectivity index is 1.16. The van der Waals surface area contributed by atoms with Gasteiger partial charge in [0.15, 0.2) is 0 Å². The maximum Gasteiger partial charge on any atom is 0.315 e. The van der Waals surface area contributed by atoms with Crippen LogP contribution in [0.25, 0.3) is 0 Å². The van der Waals surface area contributed by atoms with Gasteiger partial charge in [-0.2, -0.15) is 0 Å². The molecule has 2 aliphatic heterocycles. The van der Waals surface area contributed by atoms with Crippen molar-refractivity contribution in [1.29, 1.82) is 0 Å². The van der Waals surface area contributed by atoms with Crippen LogP contribution in [0.1, 0.15) is 57.8 Å². The van der Waals surface area contributed by atoms with E-state index in [1.165, 1.54) is 25.7 Å². The second-order valence-corrected chi connectivity index (χ2v) is 8.41. The topological polar surface area (TPSA) is 64.7 Å². The van der Waals surface area contributed by atoms with Gasteiger partial charge in [0.1, 0.15) is 0 Å². The van der Waals surface area contributed by atoms with E-state index in [-0.39, 0.29) is 18.0 Å². The van der Waals surface area contributed by atoms with Gasteiger partial charge in [-0.3, -0.25) is 4.79 Å². The molecule has 2 saturated carbocycles. The van der Waals surface area contributed by atoms with Crippen LogP contribution in [-0.4, -0.2) is 66.0 Å². The fourth-order valence-corrected chi connectivity index (χ4v) is 4.77. The molecule has 6 heteroatoms. The van der Waals surface area contributed by atoms with Crippen molar-refractivity contribution in [3.63, 3.8) is 0 Å². The molecular formula is C19H32N4O2. The number of rotatable bonds is 4. The lowest BCUT2D eigenvalue weighted by molar-refractivity contribution is -0.134. The molecule has 2 aliphatic carbocycles. The molecule has 1 unspecified atom stereocenters. The maximum absolute atomic E-state index is 12.5. The quantitative estimate of drug-likeness (QED) is 0.813. The minimum Gasteiger partial charge on any atom is -0.340 e. The van der Waals surface area contributed by atoms with Crippen LogP contribution in [0.15, 0.2) is 0 Å². The lowest BCUT2D eigenvalue weighted by atomic mass is 10.1. The van der Waals surface area contributed by atoms with E-state index < -0.39 is 0 Å². The Morgan fingerprint density at radius 3 is 2.08 bits per heavy atom. The fraction of sp³-hybridized carbons (Fsp3) is 0.895. The largest absolute Gasteiger partial charge is 0.340 e. The average Bonchev–Trinajstić information content (AvgIpc) is 3.12. The molecule has 0 bridgehead atoms. The van der Waals surface area contributed by atoms with E-state index in [1.54, 1.807) is 0 Å². The molecule has 2 N–H and O–H groups in total. The Hall–Kier alpha value is -1.30. The predicted molar refractivity (Wildman–Crippen MR) is 96.2 cm³/mol. The van der Waals surface area contributed by atoms with Gasteiger partial charge in [-0.15, -0.1) is 0 Å². The van der Waals surface area contributed by atoms with Gasteiger partial charge < -0.3 is 20.4 Å². The monoisotopic (exact) mass is 348 g/mol. The zero-order valence-electron chi connectivity index (χ0n) is 15.2. The van der Waals surface area contributed by atoms with Crippen molar-refractivity contribution in [2.75, 3.05) is 26.2 Å². The van der Waals surface area contributed by atoms with Crippen molar-refractivity contribution in [1.82, 2.24) is 20.4 Å². The van der Waals surface area contributed by atoms with E-state index in [0.717, 1.165) is 57.8 Å². The van der Waals surface area contributed by atoms with Crippen LogP contribution in [0.5, 0.6) is 0 Å². The van der Waals surface area contributed by atoms with E-state index in [9.17, 15) is 9.59 Å². The van der Waals surface area contributed by atoms with Gasteiger partial charge in [0.05, 0.1) is 0 Å².